The Labute approximate surface area is 417 Å². The fraction of sp³-hybridized carbons (Fsp3) is 0.698. The normalized spacial score (nSPS) is 18.5. The highest BCUT2D eigenvalue weighted by Gasteiger charge is 2.44. The van der Waals surface area contributed by atoms with Crippen molar-refractivity contribution in [2.45, 2.75) is 175 Å². The number of benzene rings is 1. The number of rotatable bonds is 27. The Kier molecular flexibility index (Phi) is 23.2. The maximum Gasteiger partial charge on any atom is 0.329 e. The highest BCUT2D eigenvalue weighted by molar-refractivity contribution is 6.12. The van der Waals surface area contributed by atoms with Crippen LogP contribution in [0.15, 0.2) is 42.5 Å². The molecule has 0 aliphatic carbocycles. The van der Waals surface area contributed by atoms with Crippen molar-refractivity contribution >= 4 is 47.3 Å². The van der Waals surface area contributed by atoms with E-state index in [0.29, 0.717) is 45.1 Å². The monoisotopic (exact) mass is 981 g/mol. The zero-order valence-electron chi connectivity index (χ0n) is 44.5. The van der Waals surface area contributed by atoms with E-state index in [2.05, 4.69) is 10.6 Å². The van der Waals surface area contributed by atoms with Crippen molar-refractivity contribution in [3.63, 3.8) is 0 Å². The van der Waals surface area contributed by atoms with Gasteiger partial charge in [0.25, 0.3) is 11.8 Å². The molecule has 2 heterocycles. The first kappa shape index (κ1) is 59.2. The highest BCUT2D eigenvalue weighted by atomic mass is 16.6. The third-order valence-corrected chi connectivity index (χ3v) is 13.7. The van der Waals surface area contributed by atoms with Crippen LogP contribution in [0.4, 0.5) is 0 Å². The van der Waals surface area contributed by atoms with Crippen molar-refractivity contribution in [1.82, 2.24) is 30.2 Å². The standard InChI is InChI=1S/C53H84N6O11/c1-15-35(6)47(57(12)51(66)45(33(2)3)55-50(65)46(34(4)5)56(11)41(60)26-20-17-21-29-59-42(61)27-28-43(59)62)40(68-13)32-44(63)58-30-22-25-39(58)48(69-14)36(7)49(64)54-38(52(67)70-53(8,9)10)31-37-23-18-16-19-24-37/h16,18-19,23-24,27-28,33-36,38-40,45-48H,15,17,20-22,25-26,29-32H2,1-14H3,(H,54,64)(H,55,65)/t35?,36?,38-,39?,40+,45-,46-,47?,48?/m0/s1. The maximum atomic E-state index is 14.6. The average molecular weight is 981 g/mol. The number of hydrogen-bond acceptors (Lipinski definition) is 11. The van der Waals surface area contributed by atoms with Gasteiger partial charge in [0.05, 0.1) is 36.6 Å². The van der Waals surface area contributed by atoms with Gasteiger partial charge >= 0.3 is 5.97 Å². The molecular formula is C53H84N6O11. The maximum absolute atomic E-state index is 14.6. The molecule has 1 fully saturated rings. The number of esters is 1. The molecule has 0 radical (unpaired) electrons. The van der Waals surface area contributed by atoms with E-state index in [1.165, 1.54) is 36.2 Å². The number of ether oxygens (including phenoxy) is 3. The van der Waals surface area contributed by atoms with Crippen LogP contribution < -0.4 is 10.6 Å². The quantitative estimate of drug-likeness (QED) is 0.0677. The summed E-state index contributed by atoms with van der Waals surface area (Å²) in [6.45, 7) is 19.1. The summed E-state index contributed by atoms with van der Waals surface area (Å²) < 4.78 is 17.8. The molecule has 9 atom stereocenters. The number of amides is 7. The van der Waals surface area contributed by atoms with Gasteiger partial charge in [-0.15, -0.1) is 0 Å². The van der Waals surface area contributed by atoms with Gasteiger partial charge in [-0.25, -0.2) is 4.79 Å². The van der Waals surface area contributed by atoms with E-state index in [1.54, 1.807) is 51.6 Å². The minimum absolute atomic E-state index is 0.0683. The van der Waals surface area contributed by atoms with E-state index in [9.17, 15) is 38.4 Å². The highest BCUT2D eigenvalue weighted by Crippen LogP contribution is 2.30. The fourth-order valence-corrected chi connectivity index (χ4v) is 9.63. The molecule has 3 rings (SSSR count). The van der Waals surface area contributed by atoms with Crippen LogP contribution in [0.25, 0.3) is 0 Å². The van der Waals surface area contributed by atoms with Crippen LogP contribution in [0.3, 0.4) is 0 Å². The van der Waals surface area contributed by atoms with Crippen LogP contribution >= 0.6 is 0 Å². The fourth-order valence-electron chi connectivity index (χ4n) is 9.63. The first-order valence-corrected chi connectivity index (χ1v) is 25.2. The molecular weight excluding hydrogens is 897 g/mol. The second kappa shape index (κ2) is 27.4. The summed E-state index contributed by atoms with van der Waals surface area (Å²) in [4.78, 5) is 114. The number of unbranched alkanes of at least 4 members (excludes halogenated alkanes) is 2. The number of likely N-dealkylation sites (N-methyl/N-ethyl adjacent to an activating group) is 2. The van der Waals surface area contributed by atoms with E-state index < -0.39 is 71.7 Å². The molecule has 7 amide bonds. The first-order chi connectivity index (χ1) is 32.9. The van der Waals surface area contributed by atoms with E-state index in [4.69, 9.17) is 14.2 Å². The molecule has 2 aliphatic rings. The van der Waals surface area contributed by atoms with E-state index in [0.717, 1.165) is 5.56 Å². The molecule has 0 bridgehead atoms. The molecule has 1 aromatic rings. The summed E-state index contributed by atoms with van der Waals surface area (Å²) in [5.74, 6) is -4.44. The summed E-state index contributed by atoms with van der Waals surface area (Å²) in [5, 5.41) is 5.90. The van der Waals surface area contributed by atoms with Crippen molar-refractivity contribution in [3.8, 4) is 0 Å². The van der Waals surface area contributed by atoms with Gasteiger partial charge in [-0.1, -0.05) is 91.6 Å². The van der Waals surface area contributed by atoms with Crippen molar-refractivity contribution in [2.75, 3.05) is 41.4 Å². The number of carbonyl (C=O) groups excluding carboxylic acids is 8. The lowest BCUT2D eigenvalue weighted by Gasteiger charge is -2.41. The van der Waals surface area contributed by atoms with Crippen LogP contribution in [0, 0.1) is 23.7 Å². The Bertz CT molecular complexity index is 1950. The second-order valence-electron chi connectivity index (χ2n) is 20.8. The van der Waals surface area contributed by atoms with Crippen molar-refractivity contribution < 1.29 is 52.6 Å². The van der Waals surface area contributed by atoms with Crippen LogP contribution in [0.2, 0.25) is 0 Å². The largest absolute Gasteiger partial charge is 0.458 e. The molecule has 2 aliphatic heterocycles. The Morgan fingerprint density at radius 3 is 1.99 bits per heavy atom. The summed E-state index contributed by atoms with van der Waals surface area (Å²) >= 11 is 0. The van der Waals surface area contributed by atoms with E-state index in [-0.39, 0.29) is 73.1 Å². The zero-order valence-corrected chi connectivity index (χ0v) is 44.5. The van der Waals surface area contributed by atoms with Gasteiger partial charge in [-0.2, -0.15) is 0 Å². The number of methoxy groups -OCH3 is 2. The number of carbonyl (C=O) groups is 8. The summed E-state index contributed by atoms with van der Waals surface area (Å²) in [7, 11) is 6.28. The van der Waals surface area contributed by atoms with Gasteiger partial charge in [0.1, 0.15) is 23.7 Å². The topological polar surface area (TPSA) is 201 Å². The van der Waals surface area contributed by atoms with Gasteiger partial charge < -0.3 is 39.5 Å². The smallest absolute Gasteiger partial charge is 0.329 e. The predicted molar refractivity (Wildman–Crippen MR) is 267 cm³/mol. The molecule has 0 saturated carbocycles. The lowest BCUT2D eigenvalue weighted by Crippen LogP contribution is -2.60. The van der Waals surface area contributed by atoms with Gasteiger partial charge in [0, 0.05) is 66.4 Å². The number of likely N-dealkylation sites (tertiary alicyclic amines) is 1. The van der Waals surface area contributed by atoms with E-state index in [1.807, 2.05) is 71.9 Å². The number of nitrogens with zero attached hydrogens (tertiary/aromatic N) is 4. The van der Waals surface area contributed by atoms with Crippen molar-refractivity contribution in [1.29, 1.82) is 0 Å². The minimum atomic E-state index is -0.965. The Balaban J connectivity index is 1.74. The second-order valence-corrected chi connectivity index (χ2v) is 20.8. The van der Waals surface area contributed by atoms with Crippen molar-refractivity contribution in [3.05, 3.63) is 48.0 Å². The lowest BCUT2D eigenvalue weighted by atomic mass is 9.89. The molecule has 1 aromatic carbocycles. The molecule has 0 spiro atoms. The zero-order chi connectivity index (χ0) is 52.6. The Hall–Kier alpha value is -5.16. The Morgan fingerprint density at radius 1 is 0.814 bits per heavy atom. The van der Waals surface area contributed by atoms with Crippen LogP contribution in [-0.2, 0) is 59.0 Å². The first-order valence-electron chi connectivity index (χ1n) is 25.2. The van der Waals surface area contributed by atoms with Crippen LogP contribution in [0.5, 0.6) is 0 Å². The number of nitrogens with one attached hydrogen (secondary N) is 2. The molecule has 2 N–H and O–H groups in total. The predicted octanol–water partition coefficient (Wildman–Crippen LogP) is 5.09. The van der Waals surface area contributed by atoms with Gasteiger partial charge in [0.15, 0.2) is 0 Å². The van der Waals surface area contributed by atoms with Gasteiger partial charge in [0.2, 0.25) is 29.5 Å². The molecule has 70 heavy (non-hydrogen) atoms. The third kappa shape index (κ3) is 16.5. The van der Waals surface area contributed by atoms with Gasteiger partial charge in [-0.3, -0.25) is 38.5 Å². The third-order valence-electron chi connectivity index (χ3n) is 13.7. The number of imide groups is 1. The average Bonchev–Trinajstić information content (AvgIpc) is 3.92. The summed E-state index contributed by atoms with van der Waals surface area (Å²) in [6.07, 6.45) is 4.95. The molecule has 392 valence electrons. The molecule has 17 heteroatoms. The summed E-state index contributed by atoms with van der Waals surface area (Å²) in [5.41, 5.74) is 0.0823. The lowest BCUT2D eigenvalue weighted by molar-refractivity contribution is -0.159. The Morgan fingerprint density at radius 2 is 1.44 bits per heavy atom. The minimum Gasteiger partial charge on any atom is -0.458 e. The summed E-state index contributed by atoms with van der Waals surface area (Å²) in [6, 6.07) is 5.55. The van der Waals surface area contributed by atoms with E-state index >= 15 is 0 Å². The van der Waals surface area contributed by atoms with Crippen molar-refractivity contribution in [2.24, 2.45) is 23.7 Å². The molecule has 5 unspecified atom stereocenters. The van der Waals surface area contributed by atoms with Crippen LogP contribution in [0.1, 0.15) is 126 Å². The SMILES string of the molecule is CCC(C)C([C@@H](CC(=O)N1CCCC1C(OC)C(C)C(=O)N[C@@H](Cc1ccccc1)C(=O)OC(C)(C)C)OC)N(C)C(=O)[C@@H](NC(=O)[C@H](C(C)C)N(C)C(=O)CCCCCN1C(=O)C=CC1=O)C(C)C. The molecule has 1 saturated heterocycles. The van der Waals surface area contributed by atoms with Gasteiger partial charge in [-0.05, 0) is 69.8 Å². The number of hydrogen-bond donors (Lipinski definition) is 2. The van der Waals surface area contributed by atoms with Crippen LogP contribution in [-0.4, -0.2) is 156 Å². The molecule has 17 nitrogen and oxygen atoms in total. The molecule has 0 aromatic heterocycles.